The number of ether oxygens (including phenoxy) is 1. The number of carbonyl (C=O) groups is 3. The second kappa shape index (κ2) is 10.7. The number of hydrogen-bond donors (Lipinski definition) is 0. The average Bonchev–Trinajstić information content (AvgIpc) is 2.79. The van der Waals surface area contributed by atoms with Crippen LogP contribution in [-0.4, -0.2) is 65.4 Å². The Balaban J connectivity index is 1.48. The van der Waals surface area contributed by atoms with Crippen LogP contribution in [0.15, 0.2) is 42.5 Å². The van der Waals surface area contributed by atoms with Crippen LogP contribution in [0.3, 0.4) is 0 Å². The molecular weight excluding hydrogens is 394 g/mol. The zero-order chi connectivity index (χ0) is 22.2. The van der Waals surface area contributed by atoms with E-state index < -0.39 is 5.97 Å². The van der Waals surface area contributed by atoms with Gasteiger partial charge in [-0.05, 0) is 44.4 Å². The molecule has 0 saturated carbocycles. The molecule has 2 aromatic rings. The van der Waals surface area contributed by atoms with Gasteiger partial charge in [-0.25, -0.2) is 9.78 Å². The van der Waals surface area contributed by atoms with Crippen LogP contribution in [0.4, 0.5) is 0 Å². The van der Waals surface area contributed by atoms with Gasteiger partial charge in [-0.15, -0.1) is 0 Å². The fourth-order valence-electron chi connectivity index (χ4n) is 3.67. The molecule has 0 unspecified atom stereocenters. The summed E-state index contributed by atoms with van der Waals surface area (Å²) in [6, 6.07) is 13.3. The largest absolute Gasteiger partial charge is 0.462 e. The van der Waals surface area contributed by atoms with Crippen LogP contribution in [0.5, 0.6) is 0 Å². The van der Waals surface area contributed by atoms with E-state index in [9.17, 15) is 14.4 Å². The molecule has 1 fully saturated rings. The fraction of sp³-hybridized carbons (Fsp3) is 0.417. The third-order valence-corrected chi connectivity index (χ3v) is 5.42. The van der Waals surface area contributed by atoms with Gasteiger partial charge in [-0.3, -0.25) is 9.59 Å². The number of aromatic nitrogens is 1. The normalized spacial score (nSPS) is 13.7. The molecule has 2 amide bonds. The third kappa shape index (κ3) is 5.90. The Kier molecular flexibility index (Phi) is 7.76. The molecule has 0 bridgehead atoms. The van der Waals surface area contributed by atoms with Gasteiger partial charge < -0.3 is 14.5 Å². The summed E-state index contributed by atoms with van der Waals surface area (Å²) < 4.78 is 5.00. The lowest BCUT2D eigenvalue weighted by Crippen LogP contribution is -2.50. The topological polar surface area (TPSA) is 79.8 Å². The van der Waals surface area contributed by atoms with Gasteiger partial charge in [0.1, 0.15) is 5.69 Å². The van der Waals surface area contributed by atoms with E-state index in [1.165, 1.54) is 5.56 Å². The van der Waals surface area contributed by atoms with Gasteiger partial charge in [0.15, 0.2) is 0 Å². The molecule has 1 saturated heterocycles. The van der Waals surface area contributed by atoms with Gasteiger partial charge in [-0.2, -0.15) is 0 Å². The second-order valence-corrected chi connectivity index (χ2v) is 7.56. The molecule has 1 aromatic heterocycles. The van der Waals surface area contributed by atoms with Crippen molar-refractivity contribution in [2.45, 2.75) is 33.1 Å². The molecule has 1 aliphatic heterocycles. The van der Waals surface area contributed by atoms with E-state index in [1.807, 2.05) is 23.1 Å². The van der Waals surface area contributed by atoms with E-state index in [2.05, 4.69) is 17.1 Å². The predicted octanol–water partition coefficient (Wildman–Crippen LogP) is 2.87. The van der Waals surface area contributed by atoms with Gasteiger partial charge >= 0.3 is 5.97 Å². The van der Waals surface area contributed by atoms with E-state index in [4.69, 9.17) is 4.74 Å². The average molecular weight is 424 g/mol. The van der Waals surface area contributed by atoms with Gasteiger partial charge in [-0.1, -0.05) is 30.3 Å². The van der Waals surface area contributed by atoms with Gasteiger partial charge in [0.05, 0.1) is 17.9 Å². The van der Waals surface area contributed by atoms with Crippen LogP contribution in [0.25, 0.3) is 0 Å². The van der Waals surface area contributed by atoms with Crippen molar-refractivity contribution < 1.29 is 19.1 Å². The minimum absolute atomic E-state index is 0.135. The molecule has 0 atom stereocenters. The van der Waals surface area contributed by atoms with Crippen LogP contribution < -0.4 is 0 Å². The van der Waals surface area contributed by atoms with E-state index in [1.54, 1.807) is 30.9 Å². The molecular formula is C24H29N3O4. The maximum absolute atomic E-state index is 12.8. The highest BCUT2D eigenvalue weighted by molar-refractivity contribution is 5.95. The summed E-state index contributed by atoms with van der Waals surface area (Å²) in [6.07, 6.45) is 2.22. The van der Waals surface area contributed by atoms with Crippen LogP contribution >= 0.6 is 0 Å². The molecule has 2 heterocycles. The standard InChI is InChI=1S/C24H29N3O4/c1-3-31-24(30)20-12-13-21(25-18(20)2)23(29)27-16-14-26(15-17-27)22(28)11-7-10-19-8-5-4-6-9-19/h4-6,8-9,12-13H,3,7,10-11,14-17H2,1-2H3. The summed E-state index contributed by atoms with van der Waals surface area (Å²) in [6.45, 7) is 5.72. The third-order valence-electron chi connectivity index (χ3n) is 5.42. The lowest BCUT2D eigenvalue weighted by atomic mass is 10.1. The molecule has 0 radical (unpaired) electrons. The van der Waals surface area contributed by atoms with E-state index >= 15 is 0 Å². The first-order valence-corrected chi connectivity index (χ1v) is 10.8. The van der Waals surface area contributed by atoms with E-state index in [-0.39, 0.29) is 18.4 Å². The summed E-state index contributed by atoms with van der Waals surface area (Å²) in [5.74, 6) is -0.489. The summed E-state index contributed by atoms with van der Waals surface area (Å²) in [4.78, 5) is 45.1. The van der Waals surface area contributed by atoms with Crippen LogP contribution in [0.1, 0.15) is 51.9 Å². The Morgan fingerprint density at radius 3 is 2.29 bits per heavy atom. The molecule has 0 spiro atoms. The number of esters is 1. The minimum Gasteiger partial charge on any atom is -0.462 e. The number of nitrogens with zero attached hydrogens (tertiary/aromatic N) is 3. The minimum atomic E-state index is -0.439. The maximum atomic E-state index is 12.8. The lowest BCUT2D eigenvalue weighted by Gasteiger charge is -2.34. The Bertz CT molecular complexity index is 922. The van der Waals surface area contributed by atoms with Gasteiger partial charge in [0.25, 0.3) is 5.91 Å². The number of hydrogen-bond acceptors (Lipinski definition) is 5. The van der Waals surface area contributed by atoms with Gasteiger partial charge in [0, 0.05) is 32.6 Å². The summed E-state index contributed by atoms with van der Waals surface area (Å²) in [7, 11) is 0. The Labute approximate surface area is 183 Å². The lowest BCUT2D eigenvalue weighted by molar-refractivity contribution is -0.132. The quantitative estimate of drug-likeness (QED) is 0.640. The van der Waals surface area contributed by atoms with Crippen molar-refractivity contribution in [3.05, 3.63) is 65.0 Å². The first kappa shape index (κ1) is 22.5. The number of aryl methyl sites for hydroxylation is 2. The molecule has 3 rings (SSSR count). The zero-order valence-corrected chi connectivity index (χ0v) is 18.2. The van der Waals surface area contributed by atoms with Crippen molar-refractivity contribution in [3.63, 3.8) is 0 Å². The molecule has 0 N–H and O–H groups in total. The van der Waals surface area contributed by atoms with Crippen molar-refractivity contribution in [1.82, 2.24) is 14.8 Å². The summed E-state index contributed by atoms with van der Waals surface area (Å²) in [5.41, 5.74) is 2.37. The number of amides is 2. The smallest absolute Gasteiger partial charge is 0.339 e. The van der Waals surface area contributed by atoms with Crippen molar-refractivity contribution >= 4 is 17.8 Å². The Hall–Kier alpha value is -3.22. The number of carbonyl (C=O) groups excluding carboxylic acids is 3. The zero-order valence-electron chi connectivity index (χ0n) is 18.2. The molecule has 0 aliphatic carbocycles. The second-order valence-electron chi connectivity index (χ2n) is 7.56. The molecule has 7 heteroatoms. The predicted molar refractivity (Wildman–Crippen MR) is 117 cm³/mol. The molecule has 164 valence electrons. The number of pyridine rings is 1. The van der Waals surface area contributed by atoms with Gasteiger partial charge in [0.2, 0.25) is 5.91 Å². The van der Waals surface area contributed by atoms with Crippen molar-refractivity contribution in [1.29, 1.82) is 0 Å². The highest BCUT2D eigenvalue weighted by atomic mass is 16.5. The highest BCUT2D eigenvalue weighted by Gasteiger charge is 2.26. The van der Waals surface area contributed by atoms with E-state index in [0.717, 1.165) is 12.8 Å². The van der Waals surface area contributed by atoms with Crippen LogP contribution in [-0.2, 0) is 16.0 Å². The number of benzene rings is 1. The van der Waals surface area contributed by atoms with Crippen molar-refractivity contribution in [2.24, 2.45) is 0 Å². The van der Waals surface area contributed by atoms with Crippen LogP contribution in [0, 0.1) is 6.92 Å². The summed E-state index contributed by atoms with van der Waals surface area (Å²) in [5, 5.41) is 0. The van der Waals surface area contributed by atoms with Crippen molar-refractivity contribution in [3.8, 4) is 0 Å². The van der Waals surface area contributed by atoms with Crippen LogP contribution in [0.2, 0.25) is 0 Å². The maximum Gasteiger partial charge on any atom is 0.339 e. The number of rotatable bonds is 7. The molecule has 1 aromatic carbocycles. The Morgan fingerprint density at radius 1 is 0.968 bits per heavy atom. The highest BCUT2D eigenvalue weighted by Crippen LogP contribution is 2.13. The molecule has 1 aliphatic rings. The molecule has 31 heavy (non-hydrogen) atoms. The van der Waals surface area contributed by atoms with Crippen molar-refractivity contribution in [2.75, 3.05) is 32.8 Å². The first-order chi connectivity index (χ1) is 15.0. The number of piperazine rings is 1. The molecule has 7 nitrogen and oxygen atoms in total. The summed E-state index contributed by atoms with van der Waals surface area (Å²) >= 11 is 0. The van der Waals surface area contributed by atoms with E-state index in [0.29, 0.717) is 49.6 Å². The fourth-order valence-corrected chi connectivity index (χ4v) is 3.67. The SMILES string of the molecule is CCOC(=O)c1ccc(C(=O)N2CCN(C(=O)CCCc3ccccc3)CC2)nc1C. The Morgan fingerprint density at radius 2 is 1.65 bits per heavy atom. The monoisotopic (exact) mass is 423 g/mol. The first-order valence-electron chi connectivity index (χ1n) is 10.8.